The van der Waals surface area contributed by atoms with Crippen LogP contribution in [0.5, 0.6) is 0 Å². The standard InChI is InChI=1S/C14H20FN3O3S/c1-16-11-4-3-7-18(9-11)14(19)10-5-6-12(15)13(8-10)17-22(2,20)21/h5-6,8,11,16-17H,3-4,7,9H2,1-2H3. The zero-order valence-electron chi connectivity index (χ0n) is 12.6. The third-order valence-corrected chi connectivity index (χ3v) is 4.22. The van der Waals surface area contributed by atoms with E-state index in [1.165, 1.54) is 12.1 Å². The quantitative estimate of drug-likeness (QED) is 0.864. The average molecular weight is 329 g/mol. The summed E-state index contributed by atoms with van der Waals surface area (Å²) in [6.45, 7) is 1.23. The third kappa shape index (κ3) is 4.17. The van der Waals surface area contributed by atoms with Crippen molar-refractivity contribution in [1.29, 1.82) is 0 Å². The smallest absolute Gasteiger partial charge is 0.253 e. The first-order valence-corrected chi connectivity index (χ1v) is 8.93. The molecule has 22 heavy (non-hydrogen) atoms. The topological polar surface area (TPSA) is 78.5 Å². The number of likely N-dealkylation sites (N-methyl/N-ethyl adjacent to an activating group) is 1. The maximum absolute atomic E-state index is 13.7. The fraction of sp³-hybridized carbons (Fsp3) is 0.500. The Hall–Kier alpha value is -1.67. The number of hydrogen-bond acceptors (Lipinski definition) is 4. The second-order valence-electron chi connectivity index (χ2n) is 5.45. The lowest BCUT2D eigenvalue weighted by atomic mass is 10.0. The number of sulfonamides is 1. The zero-order valence-corrected chi connectivity index (χ0v) is 13.4. The number of anilines is 1. The third-order valence-electron chi connectivity index (χ3n) is 3.63. The van der Waals surface area contributed by atoms with Crippen LogP contribution in [0.4, 0.5) is 10.1 Å². The van der Waals surface area contributed by atoms with Gasteiger partial charge in [0.1, 0.15) is 5.82 Å². The molecule has 1 aromatic carbocycles. The van der Waals surface area contributed by atoms with E-state index < -0.39 is 15.8 Å². The minimum Gasteiger partial charge on any atom is -0.337 e. The van der Waals surface area contributed by atoms with Crippen molar-refractivity contribution in [3.8, 4) is 0 Å². The van der Waals surface area contributed by atoms with Gasteiger partial charge in [0.05, 0.1) is 11.9 Å². The van der Waals surface area contributed by atoms with E-state index in [0.717, 1.165) is 25.2 Å². The van der Waals surface area contributed by atoms with Crippen molar-refractivity contribution in [3.63, 3.8) is 0 Å². The molecule has 0 saturated carbocycles. The zero-order chi connectivity index (χ0) is 16.3. The molecule has 1 saturated heterocycles. The lowest BCUT2D eigenvalue weighted by Crippen LogP contribution is -2.46. The molecule has 0 bridgehead atoms. The van der Waals surface area contributed by atoms with Gasteiger partial charge < -0.3 is 10.2 Å². The summed E-state index contributed by atoms with van der Waals surface area (Å²) in [5, 5.41) is 3.15. The molecule has 1 amide bonds. The molecular formula is C14H20FN3O3S. The van der Waals surface area contributed by atoms with Gasteiger partial charge >= 0.3 is 0 Å². The van der Waals surface area contributed by atoms with Crippen LogP contribution in [0.2, 0.25) is 0 Å². The van der Waals surface area contributed by atoms with Crippen molar-refractivity contribution in [2.24, 2.45) is 0 Å². The molecule has 1 aromatic rings. The van der Waals surface area contributed by atoms with Crippen molar-refractivity contribution >= 4 is 21.6 Å². The van der Waals surface area contributed by atoms with Crippen molar-refractivity contribution in [2.75, 3.05) is 31.1 Å². The maximum atomic E-state index is 13.7. The molecule has 6 nitrogen and oxygen atoms in total. The molecule has 1 aliphatic rings. The molecule has 1 atom stereocenters. The Balaban J connectivity index is 2.21. The lowest BCUT2D eigenvalue weighted by Gasteiger charge is -2.32. The first-order valence-electron chi connectivity index (χ1n) is 7.04. The number of carbonyl (C=O) groups excluding carboxylic acids is 1. The van der Waals surface area contributed by atoms with E-state index in [0.29, 0.717) is 13.1 Å². The first-order chi connectivity index (χ1) is 10.3. The molecule has 1 heterocycles. The van der Waals surface area contributed by atoms with Crippen molar-refractivity contribution < 1.29 is 17.6 Å². The minimum absolute atomic E-state index is 0.212. The Bertz CT molecular complexity index is 663. The number of carbonyl (C=O) groups is 1. The SMILES string of the molecule is CNC1CCCN(C(=O)c2ccc(F)c(NS(C)(=O)=O)c2)C1. The highest BCUT2D eigenvalue weighted by Gasteiger charge is 2.24. The van der Waals surface area contributed by atoms with Crippen LogP contribution in [0.25, 0.3) is 0 Å². The molecule has 2 rings (SSSR count). The van der Waals surface area contributed by atoms with Gasteiger partial charge in [-0.3, -0.25) is 9.52 Å². The fourth-order valence-electron chi connectivity index (χ4n) is 2.52. The van der Waals surface area contributed by atoms with Gasteiger partial charge in [-0.25, -0.2) is 12.8 Å². The van der Waals surface area contributed by atoms with Crippen LogP contribution < -0.4 is 10.0 Å². The molecular weight excluding hydrogens is 309 g/mol. The van der Waals surface area contributed by atoms with Crippen molar-refractivity contribution in [2.45, 2.75) is 18.9 Å². The van der Waals surface area contributed by atoms with E-state index in [-0.39, 0.29) is 23.2 Å². The Morgan fingerprint density at radius 2 is 2.14 bits per heavy atom. The van der Waals surface area contributed by atoms with Gasteiger partial charge in [-0.1, -0.05) is 0 Å². The number of halogens is 1. The van der Waals surface area contributed by atoms with E-state index in [1.807, 2.05) is 7.05 Å². The summed E-state index contributed by atoms with van der Waals surface area (Å²) in [4.78, 5) is 14.2. The molecule has 0 aliphatic carbocycles. The maximum Gasteiger partial charge on any atom is 0.253 e. The number of nitrogens with one attached hydrogen (secondary N) is 2. The van der Waals surface area contributed by atoms with E-state index in [1.54, 1.807) is 4.90 Å². The largest absolute Gasteiger partial charge is 0.337 e. The second-order valence-corrected chi connectivity index (χ2v) is 7.20. The van der Waals surface area contributed by atoms with Gasteiger partial charge in [-0.15, -0.1) is 0 Å². The minimum atomic E-state index is -3.60. The van der Waals surface area contributed by atoms with Crippen LogP contribution in [0.1, 0.15) is 23.2 Å². The Kier molecular flexibility index (Phi) is 5.02. The average Bonchev–Trinajstić information content (AvgIpc) is 2.47. The molecule has 0 radical (unpaired) electrons. The summed E-state index contributed by atoms with van der Waals surface area (Å²) in [5.41, 5.74) is 0.0554. The fourth-order valence-corrected chi connectivity index (χ4v) is 3.07. The molecule has 0 spiro atoms. The lowest BCUT2D eigenvalue weighted by molar-refractivity contribution is 0.0698. The van der Waals surface area contributed by atoms with Gasteiger partial charge in [0.2, 0.25) is 10.0 Å². The number of likely N-dealkylation sites (tertiary alicyclic amines) is 1. The predicted molar refractivity (Wildman–Crippen MR) is 82.9 cm³/mol. The van der Waals surface area contributed by atoms with Gasteiger partial charge in [0.15, 0.2) is 0 Å². The highest BCUT2D eigenvalue weighted by atomic mass is 32.2. The number of benzene rings is 1. The second kappa shape index (κ2) is 6.62. The van der Waals surface area contributed by atoms with Crippen LogP contribution in [-0.2, 0) is 10.0 Å². The number of rotatable bonds is 4. The van der Waals surface area contributed by atoms with E-state index >= 15 is 0 Å². The number of piperidine rings is 1. The van der Waals surface area contributed by atoms with E-state index in [4.69, 9.17) is 0 Å². The Labute approximate surface area is 129 Å². The molecule has 1 unspecified atom stereocenters. The van der Waals surface area contributed by atoms with Crippen LogP contribution in [0, 0.1) is 5.82 Å². The highest BCUT2D eigenvalue weighted by Crippen LogP contribution is 2.20. The van der Waals surface area contributed by atoms with E-state index in [2.05, 4.69) is 10.0 Å². The number of amides is 1. The molecule has 122 valence electrons. The number of nitrogens with zero attached hydrogens (tertiary/aromatic N) is 1. The van der Waals surface area contributed by atoms with Gasteiger partial charge in [0, 0.05) is 24.7 Å². The van der Waals surface area contributed by atoms with Crippen molar-refractivity contribution in [3.05, 3.63) is 29.6 Å². The molecule has 0 aromatic heterocycles. The Morgan fingerprint density at radius 1 is 1.41 bits per heavy atom. The Morgan fingerprint density at radius 3 is 2.77 bits per heavy atom. The summed E-state index contributed by atoms with van der Waals surface area (Å²) in [5.74, 6) is -0.940. The molecule has 1 aliphatic heterocycles. The van der Waals surface area contributed by atoms with Crippen LogP contribution in [-0.4, -0.2) is 51.7 Å². The number of hydrogen-bond donors (Lipinski definition) is 2. The summed E-state index contributed by atoms with van der Waals surface area (Å²) >= 11 is 0. The van der Waals surface area contributed by atoms with Crippen LogP contribution in [0.15, 0.2) is 18.2 Å². The molecule has 2 N–H and O–H groups in total. The van der Waals surface area contributed by atoms with Gasteiger partial charge in [0.25, 0.3) is 5.91 Å². The van der Waals surface area contributed by atoms with Crippen molar-refractivity contribution in [1.82, 2.24) is 10.2 Å². The summed E-state index contributed by atoms with van der Waals surface area (Å²) in [6, 6.07) is 3.95. The monoisotopic (exact) mass is 329 g/mol. The molecule has 8 heteroatoms. The molecule has 1 fully saturated rings. The predicted octanol–water partition coefficient (Wildman–Crippen LogP) is 1.02. The highest BCUT2D eigenvalue weighted by molar-refractivity contribution is 7.92. The van der Waals surface area contributed by atoms with Crippen LogP contribution in [0.3, 0.4) is 0 Å². The normalized spacial score (nSPS) is 19.0. The van der Waals surface area contributed by atoms with E-state index in [9.17, 15) is 17.6 Å². The van der Waals surface area contributed by atoms with Crippen LogP contribution >= 0.6 is 0 Å². The van der Waals surface area contributed by atoms with Gasteiger partial charge in [-0.05, 0) is 38.1 Å². The first kappa shape index (κ1) is 16.7. The summed E-state index contributed by atoms with van der Waals surface area (Å²) < 4.78 is 38.2. The summed E-state index contributed by atoms with van der Waals surface area (Å²) in [6.07, 6.45) is 2.83. The summed E-state index contributed by atoms with van der Waals surface area (Å²) in [7, 11) is -1.75. The van der Waals surface area contributed by atoms with Gasteiger partial charge in [-0.2, -0.15) is 0 Å².